The molecular formula is C7H7ClN2O3. The van der Waals surface area contributed by atoms with Gasteiger partial charge in [-0.25, -0.2) is 14.8 Å². The Morgan fingerprint density at radius 1 is 1.31 bits per heavy atom. The number of carbonyl (C=O) groups is 2. The predicted molar refractivity (Wildman–Crippen MR) is 45.6 cm³/mol. The molecule has 0 fully saturated rings. The van der Waals surface area contributed by atoms with Crippen LogP contribution in [0.5, 0.6) is 0 Å². The molecular weight excluding hydrogens is 196 g/mol. The van der Waals surface area contributed by atoms with Gasteiger partial charge in [0.05, 0.1) is 6.42 Å². The standard InChI is InChI=1S/C7H6N2O3.ClH/c10-5(7(11)12)4-6-8-2-1-3-9-6;/h1-3H,4H2,(H,11,12);1H. The summed E-state index contributed by atoms with van der Waals surface area (Å²) in [5.74, 6) is -2.13. The van der Waals surface area contributed by atoms with Crippen LogP contribution >= 0.6 is 12.4 Å². The smallest absolute Gasteiger partial charge is 0.372 e. The third kappa shape index (κ3) is 3.62. The van der Waals surface area contributed by atoms with Gasteiger partial charge >= 0.3 is 5.97 Å². The summed E-state index contributed by atoms with van der Waals surface area (Å²) in [6.45, 7) is 0. The highest BCUT2D eigenvalue weighted by atomic mass is 35.5. The Labute approximate surface area is 80.2 Å². The molecule has 13 heavy (non-hydrogen) atoms. The van der Waals surface area contributed by atoms with E-state index in [1.54, 1.807) is 6.07 Å². The fourth-order valence-electron chi connectivity index (χ4n) is 0.640. The lowest BCUT2D eigenvalue weighted by Crippen LogP contribution is -2.16. The minimum Gasteiger partial charge on any atom is -0.475 e. The third-order valence-electron chi connectivity index (χ3n) is 1.18. The molecule has 0 aliphatic heterocycles. The number of nitrogens with zero attached hydrogens (tertiary/aromatic N) is 2. The first-order chi connectivity index (χ1) is 5.70. The molecule has 6 heteroatoms. The van der Waals surface area contributed by atoms with Crippen molar-refractivity contribution in [2.24, 2.45) is 0 Å². The average molecular weight is 203 g/mol. The molecule has 0 spiro atoms. The van der Waals surface area contributed by atoms with Crippen LogP contribution in [-0.2, 0) is 16.0 Å². The number of aromatic nitrogens is 2. The molecule has 0 aliphatic carbocycles. The van der Waals surface area contributed by atoms with Gasteiger partial charge in [-0.1, -0.05) is 0 Å². The zero-order valence-corrected chi connectivity index (χ0v) is 7.32. The van der Waals surface area contributed by atoms with Crippen molar-refractivity contribution in [3.63, 3.8) is 0 Å². The predicted octanol–water partition coefficient (Wildman–Crippen LogP) is 0.0946. The Bertz CT molecular complexity index is 302. The number of Topliss-reactive ketones (excluding diaryl/α,β-unsaturated/α-hetero) is 1. The molecule has 0 saturated carbocycles. The number of carboxylic acid groups (broad SMARTS) is 1. The Kier molecular flexibility index (Phi) is 4.61. The molecule has 0 amide bonds. The molecule has 0 saturated heterocycles. The fourth-order valence-corrected chi connectivity index (χ4v) is 0.640. The molecule has 0 aliphatic rings. The van der Waals surface area contributed by atoms with E-state index in [1.807, 2.05) is 0 Å². The van der Waals surface area contributed by atoms with E-state index in [9.17, 15) is 9.59 Å². The van der Waals surface area contributed by atoms with E-state index >= 15 is 0 Å². The summed E-state index contributed by atoms with van der Waals surface area (Å²) in [7, 11) is 0. The van der Waals surface area contributed by atoms with Gasteiger partial charge in [0.2, 0.25) is 5.78 Å². The van der Waals surface area contributed by atoms with Crippen LogP contribution in [0, 0.1) is 0 Å². The Morgan fingerprint density at radius 2 is 1.85 bits per heavy atom. The van der Waals surface area contributed by atoms with Gasteiger partial charge in [-0.15, -0.1) is 12.4 Å². The van der Waals surface area contributed by atoms with Crippen molar-refractivity contribution in [1.82, 2.24) is 9.97 Å². The van der Waals surface area contributed by atoms with Crippen molar-refractivity contribution in [1.29, 1.82) is 0 Å². The average Bonchev–Trinajstić information content (AvgIpc) is 2.06. The van der Waals surface area contributed by atoms with E-state index in [2.05, 4.69) is 9.97 Å². The van der Waals surface area contributed by atoms with Crippen LogP contribution in [0.15, 0.2) is 18.5 Å². The Balaban J connectivity index is 0.00000144. The van der Waals surface area contributed by atoms with Crippen molar-refractivity contribution >= 4 is 24.2 Å². The van der Waals surface area contributed by atoms with Crippen LogP contribution in [-0.4, -0.2) is 26.8 Å². The highest BCUT2D eigenvalue weighted by Crippen LogP contribution is 1.90. The first-order valence-electron chi connectivity index (χ1n) is 3.22. The molecule has 1 N–H and O–H groups in total. The second-order valence-electron chi connectivity index (χ2n) is 2.07. The minimum atomic E-state index is -1.46. The van der Waals surface area contributed by atoms with E-state index < -0.39 is 11.8 Å². The monoisotopic (exact) mass is 202 g/mol. The van der Waals surface area contributed by atoms with E-state index in [0.29, 0.717) is 0 Å². The van der Waals surface area contributed by atoms with E-state index in [0.717, 1.165) is 0 Å². The van der Waals surface area contributed by atoms with Gasteiger partial charge in [0.25, 0.3) is 0 Å². The van der Waals surface area contributed by atoms with Crippen molar-refractivity contribution in [3.05, 3.63) is 24.3 Å². The highest BCUT2D eigenvalue weighted by molar-refractivity contribution is 6.33. The molecule has 0 aromatic carbocycles. The maximum Gasteiger partial charge on any atom is 0.372 e. The van der Waals surface area contributed by atoms with E-state index in [1.165, 1.54) is 12.4 Å². The largest absolute Gasteiger partial charge is 0.475 e. The van der Waals surface area contributed by atoms with E-state index in [4.69, 9.17) is 5.11 Å². The normalized spacial score (nSPS) is 8.62. The third-order valence-corrected chi connectivity index (χ3v) is 1.18. The zero-order valence-electron chi connectivity index (χ0n) is 6.51. The van der Waals surface area contributed by atoms with E-state index in [-0.39, 0.29) is 24.7 Å². The zero-order chi connectivity index (χ0) is 8.97. The van der Waals surface area contributed by atoms with Gasteiger partial charge in [0.15, 0.2) is 0 Å². The molecule has 70 valence electrons. The summed E-state index contributed by atoms with van der Waals surface area (Å²) in [6.07, 6.45) is 2.66. The topological polar surface area (TPSA) is 80.1 Å². The molecule has 0 bridgehead atoms. The molecule has 0 radical (unpaired) electrons. The van der Waals surface area contributed by atoms with Crippen LogP contribution in [0.3, 0.4) is 0 Å². The number of halogens is 1. The lowest BCUT2D eigenvalue weighted by atomic mass is 10.3. The molecule has 1 rings (SSSR count). The van der Waals surface area contributed by atoms with Crippen LogP contribution in [0.1, 0.15) is 5.82 Å². The minimum absolute atomic E-state index is 0. The Hall–Kier alpha value is -1.49. The van der Waals surface area contributed by atoms with Gasteiger partial charge in [-0.2, -0.15) is 0 Å². The molecule has 5 nitrogen and oxygen atoms in total. The van der Waals surface area contributed by atoms with Crippen molar-refractivity contribution < 1.29 is 14.7 Å². The number of rotatable bonds is 3. The SMILES string of the molecule is Cl.O=C(O)C(=O)Cc1ncccn1. The first kappa shape index (κ1) is 11.5. The lowest BCUT2D eigenvalue weighted by Gasteiger charge is -1.93. The number of hydrogen-bond donors (Lipinski definition) is 1. The number of carboxylic acids is 1. The number of ketones is 1. The summed E-state index contributed by atoms with van der Waals surface area (Å²) < 4.78 is 0. The summed E-state index contributed by atoms with van der Waals surface area (Å²) >= 11 is 0. The van der Waals surface area contributed by atoms with Crippen LogP contribution < -0.4 is 0 Å². The number of hydrogen-bond acceptors (Lipinski definition) is 4. The fraction of sp³-hybridized carbons (Fsp3) is 0.143. The van der Waals surface area contributed by atoms with Gasteiger partial charge in [-0.3, -0.25) is 4.79 Å². The number of carbonyl (C=O) groups excluding carboxylic acids is 1. The van der Waals surface area contributed by atoms with Gasteiger partial charge in [0, 0.05) is 12.4 Å². The highest BCUT2D eigenvalue weighted by Gasteiger charge is 2.12. The quantitative estimate of drug-likeness (QED) is 0.703. The molecule has 1 heterocycles. The Morgan fingerprint density at radius 3 is 2.31 bits per heavy atom. The lowest BCUT2D eigenvalue weighted by molar-refractivity contribution is -0.148. The summed E-state index contributed by atoms with van der Waals surface area (Å²) in [5.41, 5.74) is 0. The summed E-state index contributed by atoms with van der Waals surface area (Å²) in [6, 6.07) is 1.59. The summed E-state index contributed by atoms with van der Waals surface area (Å²) in [4.78, 5) is 28.1. The van der Waals surface area contributed by atoms with Crippen LogP contribution in [0.25, 0.3) is 0 Å². The van der Waals surface area contributed by atoms with Crippen molar-refractivity contribution in [2.45, 2.75) is 6.42 Å². The number of aliphatic carboxylic acids is 1. The summed E-state index contributed by atoms with van der Waals surface area (Å²) in [5, 5.41) is 8.24. The van der Waals surface area contributed by atoms with Crippen molar-refractivity contribution in [3.8, 4) is 0 Å². The van der Waals surface area contributed by atoms with Crippen LogP contribution in [0.2, 0.25) is 0 Å². The maximum absolute atomic E-state index is 10.6. The first-order valence-corrected chi connectivity index (χ1v) is 3.22. The second-order valence-corrected chi connectivity index (χ2v) is 2.07. The van der Waals surface area contributed by atoms with Crippen LogP contribution in [0.4, 0.5) is 0 Å². The molecule has 0 atom stereocenters. The molecule has 1 aromatic rings. The molecule has 1 aromatic heterocycles. The van der Waals surface area contributed by atoms with Gasteiger partial charge in [0.1, 0.15) is 5.82 Å². The van der Waals surface area contributed by atoms with Gasteiger partial charge < -0.3 is 5.11 Å². The second kappa shape index (κ2) is 5.21. The maximum atomic E-state index is 10.6. The van der Waals surface area contributed by atoms with Gasteiger partial charge in [-0.05, 0) is 6.07 Å². The van der Waals surface area contributed by atoms with Crippen molar-refractivity contribution in [2.75, 3.05) is 0 Å². The molecule has 0 unspecified atom stereocenters.